The van der Waals surface area contributed by atoms with Crippen LogP contribution in [0.25, 0.3) is 0 Å². The van der Waals surface area contributed by atoms with Gasteiger partial charge < -0.3 is 14.2 Å². The van der Waals surface area contributed by atoms with E-state index >= 15 is 0 Å². The van der Waals surface area contributed by atoms with Gasteiger partial charge >= 0.3 is 0 Å². The third kappa shape index (κ3) is 3.49. The summed E-state index contributed by atoms with van der Waals surface area (Å²) in [6.45, 7) is 5.99. The Morgan fingerprint density at radius 1 is 1.15 bits per heavy atom. The van der Waals surface area contributed by atoms with Crippen LogP contribution in [0, 0.1) is 13.8 Å². The summed E-state index contributed by atoms with van der Waals surface area (Å²) >= 11 is 0. The van der Waals surface area contributed by atoms with Crippen LogP contribution in [0.4, 0.5) is 0 Å². The Bertz CT molecular complexity index is 816. The van der Waals surface area contributed by atoms with Crippen LogP contribution in [0.2, 0.25) is 0 Å². The second-order valence-corrected chi connectivity index (χ2v) is 9.19. The Morgan fingerprint density at radius 3 is 2.35 bits per heavy atom. The number of aromatic nitrogens is 1. The number of carbonyl (C=O) groups is 2. The van der Waals surface area contributed by atoms with Crippen LogP contribution < -0.4 is 0 Å². The number of aryl methyl sites for hydroxylation is 2. The van der Waals surface area contributed by atoms with Gasteiger partial charge in [-0.2, -0.15) is 0 Å². The number of amides is 2. The predicted octanol–water partition coefficient (Wildman–Crippen LogP) is 0.932. The molecular weight excluding hydrogens is 358 g/mol. The van der Waals surface area contributed by atoms with E-state index in [1.807, 2.05) is 6.92 Å². The molecule has 3 heterocycles. The molecule has 2 atom stereocenters. The molecule has 0 spiro atoms. The second-order valence-electron chi connectivity index (χ2n) is 7.04. The molecule has 2 amide bonds. The molecule has 9 heteroatoms. The Hall–Kier alpha value is -1.90. The van der Waals surface area contributed by atoms with Gasteiger partial charge in [-0.1, -0.05) is 13.3 Å². The molecule has 2 aliphatic heterocycles. The highest BCUT2D eigenvalue weighted by molar-refractivity contribution is 7.91. The number of sulfone groups is 1. The van der Waals surface area contributed by atoms with E-state index in [9.17, 15) is 18.0 Å². The number of piperazine rings is 1. The summed E-state index contributed by atoms with van der Waals surface area (Å²) in [7, 11) is -3.30. The monoisotopic (exact) mass is 383 g/mol. The molecule has 2 fully saturated rings. The minimum atomic E-state index is -3.30. The number of unbranched alkanes of at least 4 members (excludes halogenated alkanes) is 1. The molecule has 8 nitrogen and oxygen atoms in total. The van der Waals surface area contributed by atoms with Gasteiger partial charge in [0, 0.05) is 26.4 Å². The van der Waals surface area contributed by atoms with Crippen LogP contribution >= 0.6 is 0 Å². The molecule has 0 unspecified atom stereocenters. The zero-order chi connectivity index (χ0) is 19.1. The van der Waals surface area contributed by atoms with Crippen LogP contribution in [-0.2, 0) is 14.6 Å². The summed E-state index contributed by atoms with van der Waals surface area (Å²) in [5, 5.41) is 0. The van der Waals surface area contributed by atoms with Crippen molar-refractivity contribution in [3.05, 3.63) is 17.3 Å². The van der Waals surface area contributed by atoms with E-state index in [0.717, 1.165) is 12.8 Å². The highest BCUT2D eigenvalue weighted by atomic mass is 32.2. The average Bonchev–Trinajstić information content (AvgIpc) is 3.08. The van der Waals surface area contributed by atoms with Crippen molar-refractivity contribution in [2.75, 3.05) is 24.6 Å². The fourth-order valence-corrected chi connectivity index (χ4v) is 5.83. The molecule has 0 aliphatic carbocycles. The molecule has 144 valence electrons. The first kappa shape index (κ1) is 18.9. The number of oxazole rings is 1. The normalized spacial score (nSPS) is 24.6. The minimum Gasteiger partial charge on any atom is -0.445 e. The van der Waals surface area contributed by atoms with Gasteiger partial charge in [-0.25, -0.2) is 13.4 Å². The van der Waals surface area contributed by atoms with Crippen molar-refractivity contribution >= 4 is 21.7 Å². The van der Waals surface area contributed by atoms with E-state index in [2.05, 4.69) is 4.98 Å². The first-order chi connectivity index (χ1) is 12.2. The van der Waals surface area contributed by atoms with Crippen LogP contribution in [0.5, 0.6) is 0 Å². The number of hydrogen-bond donors (Lipinski definition) is 0. The quantitative estimate of drug-likeness (QED) is 0.767. The highest BCUT2D eigenvalue weighted by Gasteiger charge is 2.49. The first-order valence-corrected chi connectivity index (χ1v) is 10.8. The van der Waals surface area contributed by atoms with E-state index in [4.69, 9.17) is 4.42 Å². The Balaban J connectivity index is 1.86. The summed E-state index contributed by atoms with van der Waals surface area (Å²) in [4.78, 5) is 32.8. The standard InChI is InChI=1S/C17H25N3O5S/c1-4-5-6-15(21)19-7-8-20(14-10-26(23,24)9-13(14)19)17(22)16-11(2)25-12(3)18-16/h13-14H,4-10H2,1-3H3/t13-,14+/m1/s1. The van der Waals surface area contributed by atoms with Crippen molar-refractivity contribution in [1.82, 2.24) is 14.8 Å². The number of carbonyl (C=O) groups excluding carboxylic acids is 2. The molecule has 3 rings (SSSR count). The lowest BCUT2D eigenvalue weighted by molar-refractivity contribution is -0.136. The van der Waals surface area contributed by atoms with Gasteiger partial charge in [0.15, 0.2) is 21.4 Å². The van der Waals surface area contributed by atoms with Crippen molar-refractivity contribution in [3.8, 4) is 0 Å². The fraction of sp³-hybridized carbons (Fsp3) is 0.706. The maximum absolute atomic E-state index is 12.9. The summed E-state index contributed by atoms with van der Waals surface area (Å²) in [5.41, 5.74) is 0.219. The van der Waals surface area contributed by atoms with Gasteiger partial charge in [-0.05, 0) is 13.3 Å². The summed E-state index contributed by atoms with van der Waals surface area (Å²) in [5.74, 6) is 0.264. The van der Waals surface area contributed by atoms with Gasteiger partial charge in [0.2, 0.25) is 5.91 Å². The SMILES string of the molecule is CCCCC(=O)N1CCN(C(=O)c2nc(C)oc2C)[C@H]2CS(=O)(=O)C[C@H]21. The van der Waals surface area contributed by atoms with Crippen LogP contribution in [0.3, 0.4) is 0 Å². The van der Waals surface area contributed by atoms with Gasteiger partial charge in [0.25, 0.3) is 5.91 Å². The number of rotatable bonds is 4. The number of hydrogen-bond acceptors (Lipinski definition) is 6. The lowest BCUT2D eigenvalue weighted by Gasteiger charge is -2.43. The molecule has 0 N–H and O–H groups in total. The summed E-state index contributed by atoms with van der Waals surface area (Å²) < 4.78 is 29.8. The molecule has 1 aromatic heterocycles. The topological polar surface area (TPSA) is 101 Å². The maximum atomic E-state index is 12.9. The van der Waals surface area contributed by atoms with Gasteiger partial charge in [0.05, 0.1) is 23.6 Å². The molecule has 0 saturated carbocycles. The lowest BCUT2D eigenvalue weighted by Crippen LogP contribution is -2.62. The zero-order valence-corrected chi connectivity index (χ0v) is 16.2. The van der Waals surface area contributed by atoms with Crippen molar-refractivity contribution in [3.63, 3.8) is 0 Å². The molecule has 2 saturated heterocycles. The van der Waals surface area contributed by atoms with Crippen molar-refractivity contribution in [2.45, 2.75) is 52.1 Å². The van der Waals surface area contributed by atoms with Gasteiger partial charge in [-0.15, -0.1) is 0 Å². The fourth-order valence-electron chi connectivity index (χ4n) is 3.85. The summed E-state index contributed by atoms with van der Waals surface area (Å²) in [6, 6.07) is -1.00. The van der Waals surface area contributed by atoms with E-state index < -0.39 is 21.9 Å². The maximum Gasteiger partial charge on any atom is 0.276 e. The Morgan fingerprint density at radius 2 is 1.77 bits per heavy atom. The van der Waals surface area contributed by atoms with Crippen LogP contribution in [-0.4, -0.2) is 71.7 Å². The Kier molecular flexibility index (Phi) is 5.09. The van der Waals surface area contributed by atoms with Crippen molar-refractivity contribution < 1.29 is 22.4 Å². The van der Waals surface area contributed by atoms with E-state index in [0.29, 0.717) is 31.2 Å². The molecule has 1 aromatic rings. The van der Waals surface area contributed by atoms with Gasteiger partial charge in [0.1, 0.15) is 5.76 Å². The molecular formula is C17H25N3O5S. The third-order valence-corrected chi connectivity index (χ3v) is 6.81. The largest absolute Gasteiger partial charge is 0.445 e. The lowest BCUT2D eigenvalue weighted by atomic mass is 10.0. The predicted molar refractivity (Wildman–Crippen MR) is 94.5 cm³/mol. The van der Waals surface area contributed by atoms with Crippen molar-refractivity contribution in [1.29, 1.82) is 0 Å². The second kappa shape index (κ2) is 7.02. The van der Waals surface area contributed by atoms with E-state index in [1.165, 1.54) is 0 Å². The molecule has 0 bridgehead atoms. The van der Waals surface area contributed by atoms with Crippen molar-refractivity contribution in [2.24, 2.45) is 0 Å². The zero-order valence-electron chi connectivity index (χ0n) is 15.4. The molecule has 2 aliphatic rings. The minimum absolute atomic E-state index is 0.0282. The molecule has 0 aromatic carbocycles. The van der Waals surface area contributed by atoms with E-state index in [-0.39, 0.29) is 29.0 Å². The number of nitrogens with zero attached hydrogens (tertiary/aromatic N) is 3. The average molecular weight is 383 g/mol. The smallest absolute Gasteiger partial charge is 0.276 e. The highest BCUT2D eigenvalue weighted by Crippen LogP contribution is 2.29. The Labute approximate surface area is 153 Å². The van der Waals surface area contributed by atoms with Crippen LogP contribution in [0.15, 0.2) is 4.42 Å². The molecule has 0 radical (unpaired) electrons. The first-order valence-electron chi connectivity index (χ1n) is 8.98. The van der Waals surface area contributed by atoms with E-state index in [1.54, 1.807) is 23.6 Å². The number of fused-ring (bicyclic) bond motifs is 1. The van der Waals surface area contributed by atoms with Crippen LogP contribution in [0.1, 0.15) is 48.3 Å². The summed E-state index contributed by atoms with van der Waals surface area (Å²) in [6.07, 6.45) is 2.09. The molecule has 26 heavy (non-hydrogen) atoms. The third-order valence-electron chi connectivity index (χ3n) is 5.11. The van der Waals surface area contributed by atoms with Gasteiger partial charge in [-0.3, -0.25) is 9.59 Å².